The summed E-state index contributed by atoms with van der Waals surface area (Å²) in [5.41, 5.74) is 2.20. The van der Waals surface area contributed by atoms with E-state index in [9.17, 15) is 0 Å². The topological polar surface area (TPSA) is 24.9 Å². The van der Waals surface area contributed by atoms with E-state index in [1.165, 1.54) is 10.9 Å². The van der Waals surface area contributed by atoms with Crippen molar-refractivity contribution in [3.8, 4) is 0 Å². The van der Waals surface area contributed by atoms with E-state index in [2.05, 4.69) is 38.4 Å². The van der Waals surface area contributed by atoms with Gasteiger partial charge in [0, 0.05) is 34.5 Å². The van der Waals surface area contributed by atoms with Crippen molar-refractivity contribution in [3.63, 3.8) is 0 Å². The molecule has 0 aliphatic heterocycles. The molecular formula is C16H12BrClN2. The van der Waals surface area contributed by atoms with E-state index < -0.39 is 0 Å². The highest BCUT2D eigenvalue weighted by Gasteiger charge is 2.02. The number of pyridine rings is 1. The van der Waals surface area contributed by atoms with Gasteiger partial charge in [0.25, 0.3) is 0 Å². The summed E-state index contributed by atoms with van der Waals surface area (Å²) in [6.45, 7) is 0.725. The fraction of sp³-hybridized carbons (Fsp3) is 0.0625. The molecule has 0 saturated heterocycles. The third-order valence-corrected chi connectivity index (χ3v) is 4.37. The van der Waals surface area contributed by atoms with Crippen LogP contribution in [0.3, 0.4) is 0 Å². The number of halogens is 2. The first-order valence-electron chi connectivity index (χ1n) is 6.24. The Kier molecular flexibility index (Phi) is 3.90. The maximum atomic E-state index is 5.99. The van der Waals surface area contributed by atoms with Crippen molar-refractivity contribution >= 4 is 44.0 Å². The third kappa shape index (κ3) is 2.79. The minimum absolute atomic E-state index is 0.711. The largest absolute Gasteiger partial charge is 0.381 e. The van der Waals surface area contributed by atoms with E-state index in [0.717, 1.165) is 22.1 Å². The molecule has 1 aromatic heterocycles. The third-order valence-electron chi connectivity index (χ3n) is 3.15. The monoisotopic (exact) mass is 346 g/mol. The van der Waals surface area contributed by atoms with E-state index in [4.69, 9.17) is 11.6 Å². The van der Waals surface area contributed by atoms with Crippen molar-refractivity contribution in [1.29, 1.82) is 0 Å². The molecule has 0 radical (unpaired) electrons. The van der Waals surface area contributed by atoms with Gasteiger partial charge in [-0.15, -0.1) is 0 Å². The Hall–Kier alpha value is -1.58. The van der Waals surface area contributed by atoms with Crippen molar-refractivity contribution in [3.05, 3.63) is 69.9 Å². The van der Waals surface area contributed by atoms with Crippen LogP contribution in [0.25, 0.3) is 10.8 Å². The number of aromatic nitrogens is 1. The summed E-state index contributed by atoms with van der Waals surface area (Å²) in [5.74, 6) is 0. The SMILES string of the molecule is Clc1ccc(NCc2cncc3ccccc23)cc1Br. The van der Waals surface area contributed by atoms with Gasteiger partial charge in [0.2, 0.25) is 0 Å². The molecule has 0 aliphatic carbocycles. The number of nitrogens with one attached hydrogen (secondary N) is 1. The van der Waals surface area contributed by atoms with Gasteiger partial charge < -0.3 is 5.32 Å². The molecule has 0 amide bonds. The maximum absolute atomic E-state index is 5.99. The molecule has 2 nitrogen and oxygen atoms in total. The number of anilines is 1. The van der Waals surface area contributed by atoms with Gasteiger partial charge >= 0.3 is 0 Å². The first kappa shape index (κ1) is 13.4. The summed E-state index contributed by atoms with van der Waals surface area (Å²) in [6, 6.07) is 14.1. The molecule has 0 fully saturated rings. The Balaban J connectivity index is 1.85. The summed E-state index contributed by atoms with van der Waals surface area (Å²) in [6.07, 6.45) is 3.79. The van der Waals surface area contributed by atoms with Crippen molar-refractivity contribution in [2.45, 2.75) is 6.54 Å². The number of benzene rings is 2. The Morgan fingerprint density at radius 1 is 1.10 bits per heavy atom. The maximum Gasteiger partial charge on any atom is 0.0549 e. The number of rotatable bonds is 3. The second-order valence-electron chi connectivity index (χ2n) is 4.50. The normalized spacial score (nSPS) is 10.7. The van der Waals surface area contributed by atoms with Gasteiger partial charge in [-0.1, -0.05) is 35.9 Å². The van der Waals surface area contributed by atoms with Crippen molar-refractivity contribution in [2.24, 2.45) is 0 Å². The van der Waals surface area contributed by atoms with E-state index in [0.29, 0.717) is 5.02 Å². The Bertz CT molecular complexity index is 753. The van der Waals surface area contributed by atoms with Gasteiger partial charge in [-0.2, -0.15) is 0 Å². The van der Waals surface area contributed by atoms with Crippen molar-refractivity contribution < 1.29 is 0 Å². The Morgan fingerprint density at radius 2 is 1.95 bits per heavy atom. The van der Waals surface area contributed by atoms with Gasteiger partial charge in [0.1, 0.15) is 0 Å². The molecule has 0 bridgehead atoms. The number of hydrogen-bond donors (Lipinski definition) is 1. The van der Waals surface area contributed by atoms with Crippen LogP contribution in [0.2, 0.25) is 5.02 Å². The highest BCUT2D eigenvalue weighted by Crippen LogP contribution is 2.26. The van der Waals surface area contributed by atoms with Crippen molar-refractivity contribution in [2.75, 3.05) is 5.32 Å². The molecule has 1 heterocycles. The fourth-order valence-electron chi connectivity index (χ4n) is 2.12. The summed E-state index contributed by atoms with van der Waals surface area (Å²) < 4.78 is 0.889. The molecule has 100 valence electrons. The highest BCUT2D eigenvalue weighted by atomic mass is 79.9. The fourth-order valence-corrected chi connectivity index (χ4v) is 2.62. The summed E-state index contributed by atoms with van der Waals surface area (Å²) >= 11 is 9.42. The molecule has 0 unspecified atom stereocenters. The first-order chi connectivity index (χ1) is 9.74. The number of nitrogens with zero attached hydrogens (tertiary/aromatic N) is 1. The van der Waals surface area contributed by atoms with Crippen LogP contribution in [0.4, 0.5) is 5.69 Å². The van der Waals surface area contributed by atoms with Crippen molar-refractivity contribution in [1.82, 2.24) is 4.98 Å². The predicted octanol–water partition coefficient (Wildman–Crippen LogP) is 5.26. The molecule has 1 N–H and O–H groups in total. The second kappa shape index (κ2) is 5.81. The first-order valence-corrected chi connectivity index (χ1v) is 7.42. The lowest BCUT2D eigenvalue weighted by atomic mass is 10.1. The molecule has 2 aromatic carbocycles. The average molecular weight is 348 g/mol. The molecule has 0 atom stereocenters. The van der Waals surface area contributed by atoms with Gasteiger partial charge in [0.05, 0.1) is 5.02 Å². The van der Waals surface area contributed by atoms with E-state index in [1.807, 2.05) is 42.7 Å². The molecular weight excluding hydrogens is 336 g/mol. The lowest BCUT2D eigenvalue weighted by Gasteiger charge is -2.09. The minimum Gasteiger partial charge on any atom is -0.381 e. The zero-order chi connectivity index (χ0) is 13.9. The molecule has 3 aromatic rings. The van der Waals surface area contributed by atoms with Crippen LogP contribution in [0.1, 0.15) is 5.56 Å². The van der Waals surface area contributed by atoms with Crippen LogP contribution in [0, 0.1) is 0 Å². The zero-order valence-corrected chi connectivity index (χ0v) is 12.9. The lowest BCUT2D eigenvalue weighted by molar-refractivity contribution is 1.14. The van der Waals surface area contributed by atoms with Crippen LogP contribution < -0.4 is 5.32 Å². The highest BCUT2D eigenvalue weighted by molar-refractivity contribution is 9.10. The summed E-state index contributed by atoms with van der Waals surface area (Å²) in [4.78, 5) is 4.29. The van der Waals surface area contributed by atoms with Crippen LogP contribution >= 0.6 is 27.5 Å². The summed E-state index contributed by atoms with van der Waals surface area (Å²) in [7, 11) is 0. The number of fused-ring (bicyclic) bond motifs is 1. The van der Waals surface area contributed by atoms with Gasteiger partial charge in [-0.05, 0) is 45.1 Å². The lowest BCUT2D eigenvalue weighted by Crippen LogP contribution is -2.00. The predicted molar refractivity (Wildman–Crippen MR) is 88.2 cm³/mol. The minimum atomic E-state index is 0.711. The van der Waals surface area contributed by atoms with Crippen LogP contribution in [-0.2, 0) is 6.54 Å². The molecule has 0 saturated carbocycles. The van der Waals surface area contributed by atoms with Crippen LogP contribution in [-0.4, -0.2) is 4.98 Å². The summed E-state index contributed by atoms with van der Waals surface area (Å²) in [5, 5.41) is 6.48. The van der Waals surface area contributed by atoms with E-state index >= 15 is 0 Å². The average Bonchev–Trinajstić information content (AvgIpc) is 2.48. The van der Waals surface area contributed by atoms with Gasteiger partial charge in [0.15, 0.2) is 0 Å². The molecule has 0 spiro atoms. The van der Waals surface area contributed by atoms with Crippen LogP contribution in [0.15, 0.2) is 59.3 Å². The second-order valence-corrected chi connectivity index (χ2v) is 5.76. The molecule has 0 aliphatic rings. The smallest absolute Gasteiger partial charge is 0.0549 e. The van der Waals surface area contributed by atoms with Gasteiger partial charge in [-0.3, -0.25) is 4.98 Å². The Morgan fingerprint density at radius 3 is 2.80 bits per heavy atom. The molecule has 4 heteroatoms. The van der Waals surface area contributed by atoms with E-state index in [-0.39, 0.29) is 0 Å². The zero-order valence-electron chi connectivity index (χ0n) is 10.6. The standard InChI is InChI=1S/C16H12BrClN2/c17-15-7-13(5-6-16(15)18)20-10-12-9-19-8-11-3-1-2-4-14(11)12/h1-9,20H,10H2. The van der Waals surface area contributed by atoms with Gasteiger partial charge in [-0.25, -0.2) is 0 Å². The Labute approximate surface area is 130 Å². The molecule has 3 rings (SSSR count). The van der Waals surface area contributed by atoms with Crippen LogP contribution in [0.5, 0.6) is 0 Å². The molecule has 20 heavy (non-hydrogen) atoms. The number of hydrogen-bond acceptors (Lipinski definition) is 2. The van der Waals surface area contributed by atoms with E-state index in [1.54, 1.807) is 0 Å². The quantitative estimate of drug-likeness (QED) is 0.699.